The first-order valence-electron chi connectivity index (χ1n) is 6.14. The van der Waals surface area contributed by atoms with E-state index in [0.717, 1.165) is 12.1 Å². The minimum atomic E-state index is -1.07. The van der Waals surface area contributed by atoms with Gasteiger partial charge in [-0.25, -0.2) is 0 Å². The molecule has 1 aliphatic rings. The summed E-state index contributed by atoms with van der Waals surface area (Å²) in [6.07, 6.45) is 0. The lowest BCUT2D eigenvalue weighted by molar-refractivity contribution is -0.387. The van der Waals surface area contributed by atoms with Crippen molar-refractivity contribution in [1.29, 1.82) is 0 Å². The molecule has 1 aromatic rings. The molecule has 8 heteroatoms. The summed E-state index contributed by atoms with van der Waals surface area (Å²) in [5, 5.41) is 21.9. The fourth-order valence-electron chi connectivity index (χ4n) is 2.54. The molecule has 0 aromatic heterocycles. The Kier molecular flexibility index (Phi) is 3.40. The van der Waals surface area contributed by atoms with Crippen LogP contribution in [0.25, 0.3) is 0 Å². The zero-order chi connectivity index (χ0) is 15.9. The van der Waals surface area contributed by atoms with E-state index < -0.39 is 45.6 Å². The second kappa shape index (κ2) is 4.80. The summed E-state index contributed by atoms with van der Waals surface area (Å²) >= 11 is 0. The minimum Gasteiger partial charge on any atom is -0.481 e. The number of carbonyl (C=O) groups excluding carboxylic acids is 1. The number of benzene rings is 1. The van der Waals surface area contributed by atoms with Crippen LogP contribution in [0.3, 0.4) is 0 Å². The van der Waals surface area contributed by atoms with Gasteiger partial charge in [0.25, 0.3) is 0 Å². The van der Waals surface area contributed by atoms with E-state index in [0.29, 0.717) is 0 Å². The zero-order valence-electron chi connectivity index (χ0n) is 11.3. The number of hydrogen-bond donors (Lipinski definition) is 2. The number of rotatable bonds is 4. The van der Waals surface area contributed by atoms with Crippen LogP contribution in [0.15, 0.2) is 18.2 Å². The predicted octanol–water partition coefficient (Wildman–Crippen LogP) is 2.03. The van der Waals surface area contributed by atoms with Gasteiger partial charge in [-0.1, -0.05) is 13.8 Å². The molecule has 1 saturated carbocycles. The first-order valence-corrected chi connectivity index (χ1v) is 6.14. The molecule has 0 saturated heterocycles. The summed E-state index contributed by atoms with van der Waals surface area (Å²) in [7, 11) is 0. The molecule has 0 heterocycles. The van der Waals surface area contributed by atoms with Crippen molar-refractivity contribution in [3.05, 3.63) is 34.1 Å². The zero-order valence-corrected chi connectivity index (χ0v) is 11.3. The van der Waals surface area contributed by atoms with Gasteiger partial charge >= 0.3 is 11.7 Å². The van der Waals surface area contributed by atoms with E-state index >= 15 is 0 Å². The third kappa shape index (κ3) is 2.56. The number of amides is 1. The third-order valence-electron chi connectivity index (χ3n) is 3.79. The Bertz CT molecular complexity index is 643. The number of nitrogens with one attached hydrogen (secondary N) is 1. The van der Waals surface area contributed by atoms with Crippen LogP contribution in [0, 0.1) is 33.2 Å². The number of hydrogen-bond acceptors (Lipinski definition) is 4. The maximum absolute atomic E-state index is 13.4. The van der Waals surface area contributed by atoms with Gasteiger partial charge in [-0.2, -0.15) is 4.39 Å². The molecule has 1 aromatic carbocycles. The average molecular weight is 296 g/mol. The molecule has 2 N–H and O–H groups in total. The van der Waals surface area contributed by atoms with Gasteiger partial charge in [0.05, 0.1) is 16.8 Å². The van der Waals surface area contributed by atoms with Gasteiger partial charge in [0.15, 0.2) is 0 Å². The van der Waals surface area contributed by atoms with Crippen LogP contribution in [0.5, 0.6) is 0 Å². The molecule has 1 amide bonds. The van der Waals surface area contributed by atoms with Crippen molar-refractivity contribution in [3.8, 4) is 0 Å². The number of carboxylic acids is 1. The van der Waals surface area contributed by atoms with Gasteiger partial charge in [-0.15, -0.1) is 0 Å². The summed E-state index contributed by atoms with van der Waals surface area (Å²) in [5.41, 5.74) is -1.31. The lowest BCUT2D eigenvalue weighted by Gasteiger charge is -2.06. The van der Waals surface area contributed by atoms with Crippen molar-refractivity contribution >= 4 is 23.3 Å². The minimum absolute atomic E-state index is 0.0509. The van der Waals surface area contributed by atoms with E-state index in [4.69, 9.17) is 5.11 Å². The maximum atomic E-state index is 13.4. The highest BCUT2D eigenvalue weighted by atomic mass is 19.1. The van der Waals surface area contributed by atoms with E-state index in [2.05, 4.69) is 5.32 Å². The van der Waals surface area contributed by atoms with Gasteiger partial charge in [-0.05, 0) is 11.5 Å². The molecule has 2 unspecified atom stereocenters. The lowest BCUT2D eigenvalue weighted by atomic mass is 10.1. The quantitative estimate of drug-likeness (QED) is 0.652. The second-order valence-corrected chi connectivity index (χ2v) is 5.53. The highest BCUT2D eigenvalue weighted by Gasteiger charge is 2.65. The Morgan fingerprint density at radius 3 is 2.43 bits per heavy atom. The van der Waals surface area contributed by atoms with Crippen LogP contribution in [0.1, 0.15) is 13.8 Å². The molecule has 21 heavy (non-hydrogen) atoms. The number of nitro groups is 1. The molecule has 0 spiro atoms. The number of halogens is 1. The molecule has 1 fully saturated rings. The molecule has 0 bridgehead atoms. The van der Waals surface area contributed by atoms with Crippen LogP contribution in [0.4, 0.5) is 15.8 Å². The van der Waals surface area contributed by atoms with Crippen molar-refractivity contribution < 1.29 is 24.0 Å². The molecule has 112 valence electrons. The van der Waals surface area contributed by atoms with E-state index in [1.807, 2.05) is 0 Å². The molecule has 0 radical (unpaired) electrons. The molecule has 1 aliphatic carbocycles. The third-order valence-corrected chi connectivity index (χ3v) is 3.79. The second-order valence-electron chi connectivity index (χ2n) is 5.53. The number of carboxylic acid groups (broad SMARTS) is 1. The van der Waals surface area contributed by atoms with E-state index in [1.165, 1.54) is 6.07 Å². The van der Waals surface area contributed by atoms with E-state index in [-0.39, 0.29) is 5.69 Å². The van der Waals surface area contributed by atoms with Crippen LogP contribution >= 0.6 is 0 Å². The standard InChI is InChI=1S/C13H13FN2O5/c1-13(2)9(10(13)12(18)19)11(17)15-6-3-4-8(16(20)21)7(14)5-6/h3-5,9-10H,1-2H3,(H,15,17)(H,18,19). The fraction of sp³-hybridized carbons (Fsp3) is 0.385. The van der Waals surface area contributed by atoms with Crippen LogP contribution in [0.2, 0.25) is 0 Å². The number of nitro benzene ring substituents is 1. The summed E-state index contributed by atoms with van der Waals surface area (Å²) in [5.74, 6) is -4.17. The lowest BCUT2D eigenvalue weighted by Crippen LogP contribution is -2.17. The molecular formula is C13H13FN2O5. The normalized spacial score (nSPS) is 22.4. The summed E-state index contributed by atoms with van der Waals surface area (Å²) in [4.78, 5) is 32.6. The number of anilines is 1. The largest absolute Gasteiger partial charge is 0.481 e. The monoisotopic (exact) mass is 296 g/mol. The van der Waals surface area contributed by atoms with Crippen molar-refractivity contribution in [2.24, 2.45) is 17.3 Å². The highest BCUT2D eigenvalue weighted by Crippen LogP contribution is 2.58. The first-order chi connectivity index (χ1) is 9.66. The first kappa shape index (κ1) is 14.9. The van der Waals surface area contributed by atoms with Crippen LogP contribution in [-0.4, -0.2) is 21.9 Å². The Hall–Kier alpha value is -2.51. The van der Waals surface area contributed by atoms with Crippen molar-refractivity contribution in [3.63, 3.8) is 0 Å². The topological polar surface area (TPSA) is 110 Å². The molecule has 2 rings (SSSR count). The summed E-state index contributed by atoms with van der Waals surface area (Å²) in [6, 6.07) is 2.98. The van der Waals surface area contributed by atoms with Crippen molar-refractivity contribution in [1.82, 2.24) is 0 Å². The molecule has 7 nitrogen and oxygen atoms in total. The van der Waals surface area contributed by atoms with Crippen LogP contribution < -0.4 is 5.32 Å². The highest BCUT2D eigenvalue weighted by molar-refractivity contribution is 5.99. The molecular weight excluding hydrogens is 283 g/mol. The fourth-order valence-corrected chi connectivity index (χ4v) is 2.54. The average Bonchev–Trinajstić information content (AvgIpc) is 2.92. The molecule has 0 aliphatic heterocycles. The van der Waals surface area contributed by atoms with Gasteiger partial charge < -0.3 is 10.4 Å². The van der Waals surface area contributed by atoms with Gasteiger partial charge in [0.2, 0.25) is 11.7 Å². The van der Waals surface area contributed by atoms with E-state index in [9.17, 15) is 24.1 Å². The Morgan fingerprint density at radius 1 is 1.38 bits per heavy atom. The SMILES string of the molecule is CC1(C)C(C(=O)O)C1C(=O)Nc1ccc([N+](=O)[O-])c(F)c1. The van der Waals surface area contributed by atoms with Crippen molar-refractivity contribution in [2.75, 3.05) is 5.32 Å². The number of nitrogens with zero attached hydrogens (tertiary/aromatic N) is 1. The Balaban J connectivity index is 2.13. The number of aliphatic carboxylic acids is 1. The Labute approximate surface area is 118 Å². The number of carbonyl (C=O) groups is 2. The smallest absolute Gasteiger partial charge is 0.307 e. The Morgan fingerprint density at radius 2 is 2.00 bits per heavy atom. The summed E-state index contributed by atoms with van der Waals surface area (Å²) < 4.78 is 13.4. The summed E-state index contributed by atoms with van der Waals surface area (Å²) in [6.45, 7) is 3.32. The predicted molar refractivity (Wildman–Crippen MR) is 70.1 cm³/mol. The maximum Gasteiger partial charge on any atom is 0.307 e. The van der Waals surface area contributed by atoms with Crippen LogP contribution in [-0.2, 0) is 9.59 Å². The van der Waals surface area contributed by atoms with Gasteiger partial charge in [0, 0.05) is 17.8 Å². The van der Waals surface area contributed by atoms with Gasteiger partial charge in [0.1, 0.15) is 0 Å². The van der Waals surface area contributed by atoms with Gasteiger partial charge in [-0.3, -0.25) is 19.7 Å². The van der Waals surface area contributed by atoms with E-state index in [1.54, 1.807) is 13.8 Å². The molecule has 2 atom stereocenters. The van der Waals surface area contributed by atoms with Crippen molar-refractivity contribution in [2.45, 2.75) is 13.8 Å².